The second kappa shape index (κ2) is 14.5. The van der Waals surface area contributed by atoms with E-state index in [1.165, 1.54) is 4.90 Å². The van der Waals surface area contributed by atoms with E-state index in [0.717, 1.165) is 29.5 Å². The van der Waals surface area contributed by atoms with Crippen molar-refractivity contribution in [3.8, 4) is 0 Å². The molecule has 0 aliphatic carbocycles. The third-order valence-corrected chi connectivity index (χ3v) is 5.53. The highest BCUT2D eigenvalue weighted by molar-refractivity contribution is 5.92. The van der Waals surface area contributed by atoms with E-state index in [0.29, 0.717) is 13.0 Å². The van der Waals surface area contributed by atoms with Crippen LogP contribution in [-0.2, 0) is 19.1 Å². The molecule has 1 aromatic carbocycles. The molecule has 9 nitrogen and oxygen atoms in total. The average Bonchev–Trinajstić information content (AvgIpc) is 2.77. The molecule has 4 amide bonds. The topological polar surface area (TPSA) is 131 Å². The number of nitrogens with two attached hydrogens (primary N) is 1. The first-order valence-electron chi connectivity index (χ1n) is 12.7. The minimum absolute atomic E-state index is 0.00933. The number of unbranched alkanes of at least 4 members (excludes halogenated alkanes) is 1. The Kier molecular flexibility index (Phi) is 12.4. The highest BCUT2D eigenvalue weighted by atomic mass is 16.6. The van der Waals surface area contributed by atoms with Crippen molar-refractivity contribution >= 4 is 23.8 Å². The van der Waals surface area contributed by atoms with Crippen LogP contribution in [0.5, 0.6) is 0 Å². The van der Waals surface area contributed by atoms with Crippen molar-refractivity contribution in [1.29, 1.82) is 0 Å². The molecule has 2 unspecified atom stereocenters. The fraction of sp³-hybridized carbons (Fsp3) is 0.630. The number of rotatable bonds is 13. The summed E-state index contributed by atoms with van der Waals surface area (Å²) in [5, 5.41) is 5.56. The number of hydrogen-bond acceptors (Lipinski definition) is 5. The molecule has 202 valence electrons. The number of benzene rings is 1. The number of nitrogens with zero attached hydrogens (tertiary/aromatic N) is 1. The quantitative estimate of drug-likeness (QED) is 0.353. The zero-order valence-corrected chi connectivity index (χ0v) is 22.9. The molecule has 9 heteroatoms. The number of hydrogen-bond donors (Lipinski definition) is 3. The van der Waals surface area contributed by atoms with E-state index >= 15 is 0 Å². The first kappa shape index (κ1) is 30.9. The van der Waals surface area contributed by atoms with Crippen molar-refractivity contribution in [3.05, 3.63) is 34.9 Å². The van der Waals surface area contributed by atoms with Crippen molar-refractivity contribution < 1.29 is 23.9 Å². The molecule has 0 aliphatic rings. The summed E-state index contributed by atoms with van der Waals surface area (Å²) in [5.41, 5.74) is 7.12. The second-order valence-electron chi connectivity index (χ2n) is 10.1. The van der Waals surface area contributed by atoms with Crippen molar-refractivity contribution in [2.24, 2.45) is 5.73 Å². The van der Waals surface area contributed by atoms with Gasteiger partial charge in [0.1, 0.15) is 17.7 Å². The lowest BCUT2D eigenvalue weighted by molar-refractivity contribution is -0.142. The smallest absolute Gasteiger partial charge is 0.408 e. The van der Waals surface area contributed by atoms with Gasteiger partial charge in [-0.2, -0.15) is 0 Å². The molecule has 0 aliphatic heterocycles. The van der Waals surface area contributed by atoms with E-state index in [2.05, 4.69) is 10.6 Å². The second-order valence-corrected chi connectivity index (χ2v) is 10.1. The monoisotopic (exact) mass is 504 g/mol. The molecular formula is C27H44N4O5. The number of amides is 4. The van der Waals surface area contributed by atoms with Crippen molar-refractivity contribution in [1.82, 2.24) is 15.5 Å². The molecule has 1 rings (SSSR count). The molecule has 0 saturated carbocycles. The molecule has 0 radical (unpaired) electrons. The van der Waals surface area contributed by atoms with Crippen LogP contribution < -0.4 is 16.4 Å². The van der Waals surface area contributed by atoms with Gasteiger partial charge in [-0.15, -0.1) is 0 Å². The normalized spacial score (nSPS) is 12.9. The summed E-state index contributed by atoms with van der Waals surface area (Å²) in [4.78, 5) is 53.0. The van der Waals surface area contributed by atoms with E-state index in [1.54, 1.807) is 20.8 Å². The Morgan fingerprint density at radius 2 is 1.75 bits per heavy atom. The Labute approximate surface area is 215 Å². The molecule has 4 N–H and O–H groups in total. The Hall–Kier alpha value is -3.10. The van der Waals surface area contributed by atoms with E-state index in [4.69, 9.17) is 10.5 Å². The maximum atomic E-state index is 13.9. The number of alkyl carbamates (subject to hydrolysis) is 1. The summed E-state index contributed by atoms with van der Waals surface area (Å²) < 4.78 is 5.34. The summed E-state index contributed by atoms with van der Waals surface area (Å²) in [6.07, 6.45) is 1.42. The zero-order valence-electron chi connectivity index (χ0n) is 22.9. The van der Waals surface area contributed by atoms with Gasteiger partial charge in [-0.3, -0.25) is 14.4 Å². The number of nitrogens with one attached hydrogen (secondary N) is 2. The maximum Gasteiger partial charge on any atom is 0.408 e. The third-order valence-electron chi connectivity index (χ3n) is 5.53. The third kappa shape index (κ3) is 10.3. The summed E-state index contributed by atoms with van der Waals surface area (Å²) in [6.45, 7) is 13.7. The van der Waals surface area contributed by atoms with Crippen LogP contribution in [0.3, 0.4) is 0 Å². The predicted molar refractivity (Wildman–Crippen MR) is 140 cm³/mol. The van der Waals surface area contributed by atoms with Crippen LogP contribution >= 0.6 is 0 Å². The van der Waals surface area contributed by atoms with Crippen molar-refractivity contribution in [2.45, 2.75) is 98.3 Å². The highest BCUT2D eigenvalue weighted by Gasteiger charge is 2.36. The van der Waals surface area contributed by atoms with Gasteiger partial charge >= 0.3 is 6.09 Å². The molecule has 0 heterocycles. The molecule has 0 spiro atoms. The van der Waals surface area contributed by atoms with Crippen LogP contribution in [0.1, 0.15) is 89.5 Å². The van der Waals surface area contributed by atoms with Crippen LogP contribution in [0.4, 0.5) is 4.79 Å². The Bertz CT molecular complexity index is 910. The van der Waals surface area contributed by atoms with Gasteiger partial charge in [0, 0.05) is 19.5 Å². The number of carbonyl (C=O) groups excluding carboxylic acids is 4. The van der Waals surface area contributed by atoms with Gasteiger partial charge in [0.05, 0.1) is 0 Å². The van der Waals surface area contributed by atoms with Crippen LogP contribution in [-0.4, -0.2) is 53.4 Å². The number of primary amides is 1. The molecule has 0 fully saturated rings. The first-order chi connectivity index (χ1) is 16.8. The van der Waals surface area contributed by atoms with Crippen molar-refractivity contribution in [3.63, 3.8) is 0 Å². The van der Waals surface area contributed by atoms with Gasteiger partial charge in [0.2, 0.25) is 17.7 Å². The van der Waals surface area contributed by atoms with Gasteiger partial charge in [-0.1, -0.05) is 44.0 Å². The molecule has 0 aromatic heterocycles. The van der Waals surface area contributed by atoms with Crippen LogP contribution in [0.2, 0.25) is 0 Å². The lowest BCUT2D eigenvalue weighted by Gasteiger charge is -2.35. The molecule has 36 heavy (non-hydrogen) atoms. The van der Waals surface area contributed by atoms with Gasteiger partial charge in [0.25, 0.3) is 0 Å². The van der Waals surface area contributed by atoms with E-state index in [-0.39, 0.29) is 25.3 Å². The number of aryl methyl sites for hydroxylation is 2. The fourth-order valence-electron chi connectivity index (χ4n) is 3.79. The lowest BCUT2D eigenvalue weighted by Crippen LogP contribution is -2.53. The zero-order chi connectivity index (χ0) is 27.5. The largest absolute Gasteiger partial charge is 0.444 e. The average molecular weight is 505 g/mol. The standard InChI is InChI=1S/C27H44N4O5/c1-8-10-15-29-24(33)23(20-17-18(3)11-12-19(20)4)31(16-9-2)25(34)21(13-14-22(28)32)30-26(35)36-27(5,6)7/h11-12,17,21,23H,8-10,13-16H2,1-7H3,(H2,28,32)(H,29,33)(H,30,35). The molecule has 0 bridgehead atoms. The van der Waals surface area contributed by atoms with Crippen molar-refractivity contribution in [2.75, 3.05) is 13.1 Å². The SMILES string of the molecule is CCCCNC(=O)C(c1cc(C)ccc1C)N(CCC)C(=O)C(CCC(N)=O)NC(=O)OC(C)(C)C. The van der Waals surface area contributed by atoms with Crippen LogP contribution in [0.15, 0.2) is 18.2 Å². The molecule has 2 atom stereocenters. The molecular weight excluding hydrogens is 460 g/mol. The lowest BCUT2D eigenvalue weighted by atomic mass is 9.95. The van der Waals surface area contributed by atoms with E-state index < -0.39 is 35.6 Å². The number of ether oxygens (including phenoxy) is 1. The number of carbonyl (C=O) groups is 4. The van der Waals surface area contributed by atoms with Gasteiger partial charge < -0.3 is 26.0 Å². The first-order valence-corrected chi connectivity index (χ1v) is 12.7. The highest BCUT2D eigenvalue weighted by Crippen LogP contribution is 2.27. The fourth-order valence-corrected chi connectivity index (χ4v) is 3.79. The van der Waals surface area contributed by atoms with Gasteiger partial charge in [-0.25, -0.2) is 4.79 Å². The van der Waals surface area contributed by atoms with Gasteiger partial charge in [0.15, 0.2) is 0 Å². The Morgan fingerprint density at radius 3 is 2.31 bits per heavy atom. The minimum Gasteiger partial charge on any atom is -0.444 e. The maximum absolute atomic E-state index is 13.9. The van der Waals surface area contributed by atoms with E-state index in [9.17, 15) is 19.2 Å². The van der Waals surface area contributed by atoms with Crippen LogP contribution in [0, 0.1) is 13.8 Å². The minimum atomic E-state index is -1.09. The summed E-state index contributed by atoms with van der Waals surface area (Å²) in [6, 6.07) is 3.81. The molecule has 0 saturated heterocycles. The van der Waals surface area contributed by atoms with E-state index in [1.807, 2.05) is 45.9 Å². The summed E-state index contributed by atoms with van der Waals surface area (Å²) in [7, 11) is 0. The predicted octanol–water partition coefficient (Wildman–Crippen LogP) is 3.66. The Morgan fingerprint density at radius 1 is 1.08 bits per heavy atom. The summed E-state index contributed by atoms with van der Waals surface area (Å²) in [5.74, 6) is -1.35. The van der Waals surface area contributed by atoms with Crippen LogP contribution in [0.25, 0.3) is 0 Å². The Balaban J connectivity index is 3.47. The summed E-state index contributed by atoms with van der Waals surface area (Å²) >= 11 is 0. The molecule has 1 aromatic rings. The van der Waals surface area contributed by atoms with Gasteiger partial charge in [-0.05, 0) is 65.0 Å².